The van der Waals surface area contributed by atoms with E-state index in [1.807, 2.05) is 18.2 Å². The summed E-state index contributed by atoms with van der Waals surface area (Å²) >= 11 is 0. The molecule has 0 heterocycles. The quantitative estimate of drug-likeness (QED) is 0.603. The number of ether oxygens (including phenoxy) is 2. The first kappa shape index (κ1) is 12.2. The Morgan fingerprint density at radius 2 is 2.11 bits per heavy atom. The van der Waals surface area contributed by atoms with Crippen molar-refractivity contribution in [2.45, 2.75) is 43.7 Å². The first-order valence-corrected chi connectivity index (χ1v) is 6.72. The lowest BCUT2D eigenvalue weighted by molar-refractivity contribution is 0.116. The molecule has 100 valence electrons. The predicted octanol–water partition coefficient (Wildman–Crippen LogP) is 2.95. The van der Waals surface area contributed by atoms with Crippen molar-refractivity contribution < 1.29 is 14.3 Å². The Balaban J connectivity index is 1.86. The first-order valence-electron chi connectivity index (χ1n) is 6.72. The molecule has 1 aromatic carbocycles. The Morgan fingerprint density at radius 3 is 2.63 bits per heavy atom. The van der Waals surface area contributed by atoms with Gasteiger partial charge in [0.25, 0.3) is 0 Å². The number of hydrogen-bond donors (Lipinski definition) is 0. The number of carbonyl (C=O) groups excluding carboxylic acids is 1. The average Bonchev–Trinajstić information content (AvgIpc) is 3.15. The van der Waals surface area contributed by atoms with Gasteiger partial charge in [0, 0.05) is 0 Å². The number of aliphatic imine (C=N–C) groups is 1. The van der Waals surface area contributed by atoms with Crippen LogP contribution in [-0.4, -0.2) is 19.3 Å². The lowest BCUT2D eigenvalue weighted by atomic mass is 9.96. The van der Waals surface area contributed by atoms with Crippen LogP contribution in [-0.2, 0) is 10.3 Å². The fourth-order valence-electron chi connectivity index (χ4n) is 2.39. The molecule has 0 aromatic heterocycles. The van der Waals surface area contributed by atoms with E-state index in [4.69, 9.17) is 9.47 Å². The summed E-state index contributed by atoms with van der Waals surface area (Å²) in [5.41, 5.74) is 0.651. The maximum absolute atomic E-state index is 10.5. The molecule has 19 heavy (non-hydrogen) atoms. The lowest BCUT2D eigenvalue weighted by Crippen LogP contribution is -2.24. The van der Waals surface area contributed by atoms with Crippen LogP contribution in [0, 0.1) is 0 Å². The molecule has 0 unspecified atom stereocenters. The van der Waals surface area contributed by atoms with Gasteiger partial charge in [0.1, 0.15) is 0 Å². The Kier molecular flexibility index (Phi) is 3.03. The van der Waals surface area contributed by atoms with Crippen molar-refractivity contribution in [2.75, 3.05) is 7.11 Å². The number of isocyanates is 1. The smallest absolute Gasteiger partial charge is 0.235 e. The summed E-state index contributed by atoms with van der Waals surface area (Å²) in [5.74, 6) is 1.50. The van der Waals surface area contributed by atoms with Crippen LogP contribution in [0.1, 0.15) is 37.7 Å². The minimum atomic E-state index is -0.357. The maximum atomic E-state index is 10.5. The second-order valence-electron chi connectivity index (χ2n) is 5.27. The fourth-order valence-corrected chi connectivity index (χ4v) is 2.39. The summed E-state index contributed by atoms with van der Waals surface area (Å²) in [7, 11) is 1.63. The highest BCUT2D eigenvalue weighted by molar-refractivity contribution is 5.48. The van der Waals surface area contributed by atoms with Crippen molar-refractivity contribution in [1.82, 2.24) is 0 Å². The highest BCUT2D eigenvalue weighted by atomic mass is 16.5. The molecule has 0 amide bonds. The Hall–Kier alpha value is -1.80. The second kappa shape index (κ2) is 4.71. The van der Waals surface area contributed by atoms with E-state index in [9.17, 15) is 4.79 Å². The number of methoxy groups -OCH3 is 1. The predicted molar refractivity (Wildman–Crippen MR) is 70.3 cm³/mol. The van der Waals surface area contributed by atoms with E-state index in [-0.39, 0.29) is 5.54 Å². The minimum absolute atomic E-state index is 0.322. The molecule has 0 bridgehead atoms. The molecule has 0 spiro atoms. The normalized spacial score (nSPS) is 20.1. The van der Waals surface area contributed by atoms with E-state index in [0.29, 0.717) is 6.10 Å². The number of hydrogen-bond acceptors (Lipinski definition) is 4. The van der Waals surface area contributed by atoms with Gasteiger partial charge >= 0.3 is 0 Å². The zero-order valence-corrected chi connectivity index (χ0v) is 11.0. The third-order valence-corrected chi connectivity index (χ3v) is 4.03. The van der Waals surface area contributed by atoms with Gasteiger partial charge in [-0.2, -0.15) is 4.99 Å². The van der Waals surface area contributed by atoms with Gasteiger partial charge in [-0.25, -0.2) is 4.79 Å². The molecule has 3 rings (SSSR count). The topological polar surface area (TPSA) is 47.9 Å². The van der Waals surface area contributed by atoms with Gasteiger partial charge in [0.05, 0.1) is 18.8 Å². The molecule has 4 heteroatoms. The van der Waals surface area contributed by atoms with Gasteiger partial charge in [-0.15, -0.1) is 0 Å². The summed E-state index contributed by atoms with van der Waals surface area (Å²) in [6.07, 6.45) is 7.26. The average molecular weight is 259 g/mol. The van der Waals surface area contributed by atoms with E-state index in [2.05, 4.69) is 4.99 Å². The zero-order chi connectivity index (χ0) is 13.3. The highest BCUT2D eigenvalue weighted by Gasteiger charge is 2.45. The summed E-state index contributed by atoms with van der Waals surface area (Å²) in [5, 5.41) is 0. The van der Waals surface area contributed by atoms with Gasteiger partial charge in [0.2, 0.25) is 6.08 Å². The molecular formula is C15H17NO3. The van der Waals surface area contributed by atoms with Crippen LogP contribution in [0.3, 0.4) is 0 Å². The van der Waals surface area contributed by atoms with Crippen molar-refractivity contribution in [3.8, 4) is 11.5 Å². The summed E-state index contributed by atoms with van der Waals surface area (Å²) in [6.45, 7) is 0. The molecule has 4 nitrogen and oxygen atoms in total. The van der Waals surface area contributed by atoms with Gasteiger partial charge in [0.15, 0.2) is 11.5 Å². The third kappa shape index (κ3) is 2.24. The molecule has 0 radical (unpaired) electrons. The van der Waals surface area contributed by atoms with E-state index in [1.165, 1.54) is 6.42 Å². The van der Waals surface area contributed by atoms with Crippen molar-refractivity contribution in [3.05, 3.63) is 23.8 Å². The van der Waals surface area contributed by atoms with E-state index in [0.717, 1.165) is 42.7 Å². The Labute approximate surface area is 112 Å². The van der Waals surface area contributed by atoms with Crippen LogP contribution in [0.4, 0.5) is 0 Å². The molecule has 2 aliphatic carbocycles. The van der Waals surface area contributed by atoms with Crippen LogP contribution >= 0.6 is 0 Å². The minimum Gasteiger partial charge on any atom is -0.493 e. The molecule has 0 N–H and O–H groups in total. The van der Waals surface area contributed by atoms with Crippen LogP contribution < -0.4 is 9.47 Å². The monoisotopic (exact) mass is 259 g/mol. The molecular weight excluding hydrogens is 242 g/mol. The summed E-state index contributed by atoms with van der Waals surface area (Å²) in [4.78, 5) is 14.4. The van der Waals surface area contributed by atoms with Gasteiger partial charge in [-0.1, -0.05) is 6.07 Å². The van der Waals surface area contributed by atoms with Crippen molar-refractivity contribution in [2.24, 2.45) is 4.99 Å². The molecule has 0 saturated heterocycles. The number of nitrogens with zero attached hydrogens (tertiary/aromatic N) is 1. The van der Waals surface area contributed by atoms with Gasteiger partial charge < -0.3 is 9.47 Å². The van der Waals surface area contributed by atoms with E-state index >= 15 is 0 Å². The SMILES string of the molecule is COc1cc(C2(N=C=O)CC2)ccc1OC1CCC1. The third-order valence-electron chi connectivity index (χ3n) is 4.03. The van der Waals surface area contributed by atoms with Crippen molar-refractivity contribution in [3.63, 3.8) is 0 Å². The Bertz CT molecular complexity index is 526. The van der Waals surface area contributed by atoms with Crippen LogP contribution in [0.15, 0.2) is 23.2 Å². The largest absolute Gasteiger partial charge is 0.493 e. The van der Waals surface area contributed by atoms with Crippen LogP contribution in [0.5, 0.6) is 11.5 Å². The van der Waals surface area contributed by atoms with Crippen molar-refractivity contribution >= 4 is 6.08 Å². The van der Waals surface area contributed by atoms with Gasteiger partial charge in [-0.3, -0.25) is 0 Å². The fraction of sp³-hybridized carbons (Fsp3) is 0.533. The summed E-state index contributed by atoms with van der Waals surface area (Å²) in [6, 6.07) is 5.83. The van der Waals surface area contributed by atoms with Crippen molar-refractivity contribution in [1.29, 1.82) is 0 Å². The first-order chi connectivity index (χ1) is 9.27. The standard InChI is InChI=1S/C15H17NO3/c1-18-14-9-11(15(7-8-15)16-10-17)5-6-13(14)19-12-3-2-4-12/h5-6,9,12H,2-4,7-8H2,1H3. The van der Waals surface area contributed by atoms with E-state index in [1.54, 1.807) is 13.2 Å². The molecule has 2 fully saturated rings. The van der Waals surface area contributed by atoms with Crippen LogP contribution in [0.2, 0.25) is 0 Å². The van der Waals surface area contributed by atoms with E-state index < -0.39 is 0 Å². The number of rotatable bonds is 5. The molecule has 1 aromatic rings. The maximum Gasteiger partial charge on any atom is 0.235 e. The summed E-state index contributed by atoms with van der Waals surface area (Å²) < 4.78 is 11.3. The number of benzene rings is 1. The molecule has 0 atom stereocenters. The molecule has 0 aliphatic heterocycles. The molecule has 2 aliphatic rings. The highest BCUT2D eigenvalue weighted by Crippen LogP contribution is 2.50. The molecule has 2 saturated carbocycles. The lowest BCUT2D eigenvalue weighted by Gasteiger charge is -2.27. The van der Waals surface area contributed by atoms with Crippen LogP contribution in [0.25, 0.3) is 0 Å². The second-order valence-corrected chi connectivity index (χ2v) is 5.27. The van der Waals surface area contributed by atoms with Gasteiger partial charge in [-0.05, 0) is 49.8 Å². The zero-order valence-electron chi connectivity index (χ0n) is 11.0. The Morgan fingerprint density at radius 1 is 1.32 bits per heavy atom.